The highest BCUT2D eigenvalue weighted by Crippen LogP contribution is 2.25. The van der Waals surface area contributed by atoms with Crippen molar-refractivity contribution in [3.05, 3.63) is 59.9 Å². The van der Waals surface area contributed by atoms with E-state index in [2.05, 4.69) is 15.2 Å². The minimum atomic E-state index is -0.357. The Kier molecular flexibility index (Phi) is 7.25. The van der Waals surface area contributed by atoms with Crippen LogP contribution in [0.4, 0.5) is 4.39 Å². The van der Waals surface area contributed by atoms with Crippen LogP contribution in [0.2, 0.25) is 0 Å². The van der Waals surface area contributed by atoms with Crippen LogP contribution in [0.3, 0.4) is 0 Å². The fourth-order valence-corrected chi connectivity index (χ4v) is 3.30. The van der Waals surface area contributed by atoms with Crippen LogP contribution >= 0.6 is 0 Å². The maximum atomic E-state index is 14.4. The Morgan fingerprint density at radius 3 is 2.79 bits per heavy atom. The van der Waals surface area contributed by atoms with Crippen molar-refractivity contribution in [2.24, 2.45) is 10.9 Å². The number of para-hydroxylation sites is 1. The predicted octanol–water partition coefficient (Wildman–Crippen LogP) is 3.70. The lowest BCUT2D eigenvalue weighted by Gasteiger charge is -2.24. The number of halogens is 1. The van der Waals surface area contributed by atoms with Crippen molar-refractivity contribution >= 4 is 5.96 Å². The third kappa shape index (κ3) is 5.70. The Bertz CT molecular complexity index is 777. The van der Waals surface area contributed by atoms with Crippen molar-refractivity contribution in [3.63, 3.8) is 0 Å². The zero-order chi connectivity index (χ0) is 19.8. The molecule has 1 saturated heterocycles. The molecule has 2 aromatic rings. The second-order valence-corrected chi connectivity index (χ2v) is 7.01. The fraction of sp³-hybridized carbons (Fsp3) is 0.409. The van der Waals surface area contributed by atoms with Crippen LogP contribution in [0.15, 0.2) is 53.5 Å². The van der Waals surface area contributed by atoms with Gasteiger partial charge < -0.3 is 19.7 Å². The maximum Gasteiger partial charge on any atom is 0.193 e. The van der Waals surface area contributed by atoms with Crippen molar-refractivity contribution in [3.8, 4) is 11.5 Å². The van der Waals surface area contributed by atoms with Crippen LogP contribution in [0, 0.1) is 11.7 Å². The number of nitrogens with zero attached hydrogens (tertiary/aromatic N) is 2. The largest absolute Gasteiger partial charge is 0.454 e. The van der Waals surface area contributed by atoms with Gasteiger partial charge in [-0.2, -0.15) is 0 Å². The molecule has 1 unspecified atom stereocenters. The molecule has 0 aliphatic carbocycles. The van der Waals surface area contributed by atoms with E-state index in [0.29, 0.717) is 24.6 Å². The van der Waals surface area contributed by atoms with Crippen LogP contribution < -0.4 is 10.1 Å². The van der Waals surface area contributed by atoms with Gasteiger partial charge in [0.25, 0.3) is 0 Å². The van der Waals surface area contributed by atoms with Gasteiger partial charge in [0, 0.05) is 39.7 Å². The number of ether oxygens (including phenoxy) is 2. The highest BCUT2D eigenvalue weighted by Gasteiger charge is 2.19. The first-order valence-electron chi connectivity index (χ1n) is 9.66. The lowest BCUT2D eigenvalue weighted by molar-refractivity contribution is 0.181. The number of rotatable bonds is 7. The highest BCUT2D eigenvalue weighted by atomic mass is 19.1. The molecule has 0 amide bonds. The first-order valence-corrected chi connectivity index (χ1v) is 9.66. The first-order chi connectivity index (χ1) is 13.7. The first kappa shape index (κ1) is 20.1. The number of guanidine groups is 1. The van der Waals surface area contributed by atoms with Gasteiger partial charge in [-0.3, -0.25) is 4.99 Å². The van der Waals surface area contributed by atoms with Crippen LogP contribution in [-0.4, -0.2) is 51.3 Å². The quantitative estimate of drug-likeness (QED) is 0.583. The molecule has 3 rings (SSSR count). The van der Waals surface area contributed by atoms with E-state index in [-0.39, 0.29) is 11.6 Å². The molecule has 28 heavy (non-hydrogen) atoms. The molecule has 150 valence electrons. The molecule has 0 bridgehead atoms. The van der Waals surface area contributed by atoms with Gasteiger partial charge in [0.1, 0.15) is 5.75 Å². The Morgan fingerprint density at radius 2 is 2.11 bits per heavy atom. The maximum absolute atomic E-state index is 14.4. The summed E-state index contributed by atoms with van der Waals surface area (Å²) in [7, 11) is 3.81. The third-order valence-corrected chi connectivity index (χ3v) is 4.79. The zero-order valence-electron chi connectivity index (χ0n) is 16.5. The molecule has 0 spiro atoms. The molecule has 1 N–H and O–H groups in total. The predicted molar refractivity (Wildman–Crippen MR) is 110 cm³/mol. The summed E-state index contributed by atoms with van der Waals surface area (Å²) in [5.41, 5.74) is 0.910. The van der Waals surface area contributed by atoms with Crippen LogP contribution in [-0.2, 0) is 11.2 Å². The molecule has 1 atom stereocenters. The van der Waals surface area contributed by atoms with Gasteiger partial charge in [-0.1, -0.05) is 24.3 Å². The van der Waals surface area contributed by atoms with E-state index in [1.807, 2.05) is 31.3 Å². The van der Waals surface area contributed by atoms with Crippen LogP contribution in [0.1, 0.15) is 12.0 Å². The van der Waals surface area contributed by atoms with Crippen molar-refractivity contribution in [2.75, 3.05) is 40.4 Å². The molecule has 6 heteroatoms. The van der Waals surface area contributed by atoms with Gasteiger partial charge >= 0.3 is 0 Å². The molecule has 5 nitrogen and oxygen atoms in total. The zero-order valence-corrected chi connectivity index (χ0v) is 16.5. The molecule has 1 aliphatic heterocycles. The molecule has 1 aliphatic rings. The Morgan fingerprint density at radius 1 is 1.29 bits per heavy atom. The lowest BCUT2D eigenvalue weighted by Crippen LogP contribution is -2.42. The third-order valence-electron chi connectivity index (χ3n) is 4.79. The van der Waals surface area contributed by atoms with Gasteiger partial charge in [-0.25, -0.2) is 4.39 Å². The molecule has 1 heterocycles. The summed E-state index contributed by atoms with van der Waals surface area (Å²) < 4.78 is 25.4. The standard InChI is InChI=1S/C22H28FN3O2/c1-24-22(26(2)15-18-11-13-27-16-18)25-12-10-17-8-9-21(20(23)14-17)28-19-6-4-3-5-7-19/h3-9,14,18H,10-13,15-16H2,1-2H3,(H,24,25). The van der Waals surface area contributed by atoms with Gasteiger partial charge in [-0.15, -0.1) is 0 Å². The summed E-state index contributed by atoms with van der Waals surface area (Å²) in [6.45, 7) is 3.26. The van der Waals surface area contributed by atoms with E-state index in [1.54, 1.807) is 25.2 Å². The number of hydrogen-bond donors (Lipinski definition) is 1. The summed E-state index contributed by atoms with van der Waals surface area (Å²) in [6.07, 6.45) is 1.79. The van der Waals surface area contributed by atoms with E-state index in [0.717, 1.165) is 37.7 Å². The number of aliphatic imine (C=N–C) groups is 1. The second-order valence-electron chi connectivity index (χ2n) is 7.01. The summed E-state index contributed by atoms with van der Waals surface area (Å²) in [5.74, 6) is 1.89. The summed E-state index contributed by atoms with van der Waals surface area (Å²) in [5, 5.41) is 3.35. The lowest BCUT2D eigenvalue weighted by atomic mass is 10.1. The van der Waals surface area contributed by atoms with Crippen LogP contribution in [0.5, 0.6) is 11.5 Å². The monoisotopic (exact) mass is 385 g/mol. The number of nitrogens with one attached hydrogen (secondary N) is 1. The average Bonchev–Trinajstić information content (AvgIpc) is 3.21. The van der Waals surface area contributed by atoms with E-state index in [4.69, 9.17) is 9.47 Å². The fourth-order valence-electron chi connectivity index (χ4n) is 3.30. The molecular formula is C22H28FN3O2. The SMILES string of the molecule is CN=C(NCCc1ccc(Oc2ccccc2)c(F)c1)N(C)CC1CCOC1. The molecule has 0 saturated carbocycles. The van der Waals surface area contributed by atoms with Gasteiger partial charge in [-0.05, 0) is 42.7 Å². The van der Waals surface area contributed by atoms with E-state index < -0.39 is 0 Å². The van der Waals surface area contributed by atoms with E-state index in [9.17, 15) is 4.39 Å². The molecule has 0 radical (unpaired) electrons. The second kappa shape index (κ2) is 10.1. The summed E-state index contributed by atoms with van der Waals surface area (Å²) in [4.78, 5) is 6.46. The molecule has 1 fully saturated rings. The molecular weight excluding hydrogens is 357 g/mol. The smallest absolute Gasteiger partial charge is 0.193 e. The molecule has 0 aromatic heterocycles. The average molecular weight is 385 g/mol. The van der Waals surface area contributed by atoms with Crippen molar-refractivity contribution in [1.29, 1.82) is 0 Å². The Labute approximate surface area is 166 Å². The Hall–Kier alpha value is -2.60. The van der Waals surface area contributed by atoms with E-state index >= 15 is 0 Å². The minimum Gasteiger partial charge on any atom is -0.454 e. The normalized spacial score (nSPS) is 16.8. The summed E-state index contributed by atoms with van der Waals surface area (Å²) >= 11 is 0. The Balaban J connectivity index is 1.49. The van der Waals surface area contributed by atoms with Gasteiger partial charge in [0.05, 0.1) is 6.61 Å². The van der Waals surface area contributed by atoms with Crippen molar-refractivity contribution in [1.82, 2.24) is 10.2 Å². The summed E-state index contributed by atoms with van der Waals surface area (Å²) in [6, 6.07) is 14.3. The highest BCUT2D eigenvalue weighted by molar-refractivity contribution is 5.79. The topological polar surface area (TPSA) is 46.1 Å². The van der Waals surface area contributed by atoms with Gasteiger partial charge in [0.15, 0.2) is 17.5 Å². The van der Waals surface area contributed by atoms with Crippen molar-refractivity contribution < 1.29 is 13.9 Å². The minimum absolute atomic E-state index is 0.234. The molecule has 2 aromatic carbocycles. The number of hydrogen-bond acceptors (Lipinski definition) is 3. The van der Waals surface area contributed by atoms with Crippen LogP contribution in [0.25, 0.3) is 0 Å². The number of benzene rings is 2. The van der Waals surface area contributed by atoms with Crippen molar-refractivity contribution in [2.45, 2.75) is 12.8 Å². The van der Waals surface area contributed by atoms with E-state index in [1.165, 1.54) is 6.07 Å². The van der Waals surface area contributed by atoms with Gasteiger partial charge in [0.2, 0.25) is 0 Å².